The highest BCUT2D eigenvalue weighted by Crippen LogP contribution is 2.25. The van der Waals surface area contributed by atoms with E-state index in [1.165, 1.54) is 5.56 Å². The van der Waals surface area contributed by atoms with E-state index in [1.807, 2.05) is 18.2 Å². The summed E-state index contributed by atoms with van der Waals surface area (Å²) >= 11 is 6.02. The Morgan fingerprint density at radius 2 is 1.75 bits per heavy atom. The van der Waals surface area contributed by atoms with Crippen LogP contribution in [0.3, 0.4) is 0 Å². The summed E-state index contributed by atoms with van der Waals surface area (Å²) in [4.78, 5) is 0. The van der Waals surface area contributed by atoms with Crippen molar-refractivity contribution < 1.29 is 4.39 Å². The zero-order chi connectivity index (χ0) is 14.7. The van der Waals surface area contributed by atoms with Gasteiger partial charge in [-0.3, -0.25) is 0 Å². The summed E-state index contributed by atoms with van der Waals surface area (Å²) in [5.74, 6) is 0.505. The molecule has 0 N–H and O–H groups in total. The van der Waals surface area contributed by atoms with Crippen LogP contribution in [-0.4, -0.2) is 0 Å². The van der Waals surface area contributed by atoms with Crippen LogP contribution in [0.15, 0.2) is 42.5 Å². The number of rotatable bonds is 4. The zero-order valence-corrected chi connectivity index (χ0v) is 12.9. The second-order valence-electron chi connectivity index (χ2n) is 5.71. The van der Waals surface area contributed by atoms with Crippen molar-refractivity contribution in [2.45, 2.75) is 39.0 Å². The maximum atomic E-state index is 13.7. The molecule has 0 bridgehead atoms. The fourth-order valence-electron chi connectivity index (χ4n) is 2.41. The number of halogens is 2. The molecule has 0 nitrogen and oxygen atoms in total. The molecule has 0 aliphatic heterocycles. The normalized spacial score (nSPS) is 12.7. The minimum absolute atomic E-state index is 0.149. The van der Waals surface area contributed by atoms with Crippen LogP contribution < -0.4 is 0 Å². The third-order valence-electron chi connectivity index (χ3n) is 3.61. The highest BCUT2D eigenvalue weighted by Gasteiger charge is 2.10. The van der Waals surface area contributed by atoms with E-state index in [4.69, 9.17) is 11.6 Å². The molecule has 0 aliphatic rings. The Kier molecular flexibility index (Phi) is 4.82. The standard InChI is InChI=1S/C18H20ClF/c1-12(2)16-8-14(9-18(20)11-16)7-13(3)15-5-4-6-17(19)10-15/h4-6,8-13H,7H2,1-3H3. The molecular weight excluding hydrogens is 271 g/mol. The van der Waals surface area contributed by atoms with Gasteiger partial charge in [-0.25, -0.2) is 4.39 Å². The Morgan fingerprint density at radius 1 is 1.00 bits per heavy atom. The van der Waals surface area contributed by atoms with Gasteiger partial charge in [-0.2, -0.15) is 0 Å². The van der Waals surface area contributed by atoms with E-state index in [0.717, 1.165) is 22.6 Å². The Hall–Kier alpha value is -1.34. The Labute approximate surface area is 125 Å². The smallest absolute Gasteiger partial charge is 0.123 e. The number of hydrogen-bond donors (Lipinski definition) is 0. The third kappa shape index (κ3) is 3.83. The summed E-state index contributed by atoms with van der Waals surface area (Å²) in [6.07, 6.45) is 0.817. The maximum Gasteiger partial charge on any atom is 0.123 e. The van der Waals surface area contributed by atoms with Crippen molar-refractivity contribution >= 4 is 11.6 Å². The molecule has 0 aliphatic carbocycles. The molecule has 0 saturated heterocycles. The van der Waals surface area contributed by atoms with Gasteiger partial charge in [0.2, 0.25) is 0 Å². The van der Waals surface area contributed by atoms with E-state index in [1.54, 1.807) is 12.1 Å². The van der Waals surface area contributed by atoms with Crippen molar-refractivity contribution in [2.24, 2.45) is 0 Å². The molecule has 0 radical (unpaired) electrons. The van der Waals surface area contributed by atoms with Gasteiger partial charge >= 0.3 is 0 Å². The average Bonchev–Trinajstić information content (AvgIpc) is 2.37. The SMILES string of the molecule is CC(C)c1cc(F)cc(CC(C)c2cccc(Cl)c2)c1. The molecule has 1 atom stereocenters. The first-order valence-corrected chi connectivity index (χ1v) is 7.38. The molecule has 0 aromatic heterocycles. The maximum absolute atomic E-state index is 13.7. The first-order valence-electron chi connectivity index (χ1n) is 7.00. The van der Waals surface area contributed by atoms with Crippen LogP contribution in [0.2, 0.25) is 5.02 Å². The predicted molar refractivity (Wildman–Crippen MR) is 84.1 cm³/mol. The molecule has 1 unspecified atom stereocenters. The number of hydrogen-bond acceptors (Lipinski definition) is 0. The van der Waals surface area contributed by atoms with Gasteiger partial charge in [-0.05, 0) is 59.2 Å². The van der Waals surface area contributed by atoms with Gasteiger partial charge in [-0.1, -0.05) is 50.6 Å². The first kappa shape index (κ1) is 15.1. The lowest BCUT2D eigenvalue weighted by Crippen LogP contribution is -2.00. The average molecular weight is 291 g/mol. The minimum atomic E-state index is -0.149. The molecule has 2 aromatic rings. The summed E-state index contributed by atoms with van der Waals surface area (Å²) in [6.45, 7) is 6.31. The van der Waals surface area contributed by atoms with E-state index in [0.29, 0.717) is 11.8 Å². The topological polar surface area (TPSA) is 0 Å². The van der Waals surface area contributed by atoms with Gasteiger partial charge in [0.15, 0.2) is 0 Å². The first-order chi connectivity index (χ1) is 9.45. The molecule has 0 spiro atoms. The second-order valence-corrected chi connectivity index (χ2v) is 6.14. The molecule has 106 valence electrons. The lowest BCUT2D eigenvalue weighted by molar-refractivity contribution is 0.618. The third-order valence-corrected chi connectivity index (χ3v) is 3.84. The second kappa shape index (κ2) is 6.41. The van der Waals surface area contributed by atoms with Crippen molar-refractivity contribution in [1.29, 1.82) is 0 Å². The van der Waals surface area contributed by atoms with Crippen LogP contribution in [0.25, 0.3) is 0 Å². The summed E-state index contributed by atoms with van der Waals surface area (Å²) < 4.78 is 13.7. The van der Waals surface area contributed by atoms with E-state index >= 15 is 0 Å². The van der Waals surface area contributed by atoms with Gasteiger partial charge in [0.25, 0.3) is 0 Å². The fraction of sp³-hybridized carbons (Fsp3) is 0.333. The van der Waals surface area contributed by atoms with Crippen molar-refractivity contribution in [3.8, 4) is 0 Å². The van der Waals surface area contributed by atoms with Crippen molar-refractivity contribution in [3.05, 3.63) is 70.0 Å². The highest BCUT2D eigenvalue weighted by atomic mass is 35.5. The quantitative estimate of drug-likeness (QED) is 0.653. The van der Waals surface area contributed by atoms with Crippen LogP contribution in [0.4, 0.5) is 4.39 Å². The molecule has 2 rings (SSSR count). The summed E-state index contributed by atoms with van der Waals surface area (Å²) in [7, 11) is 0. The van der Waals surface area contributed by atoms with Crippen molar-refractivity contribution in [2.75, 3.05) is 0 Å². The van der Waals surface area contributed by atoms with E-state index in [9.17, 15) is 4.39 Å². The molecular formula is C18H20ClF. The molecule has 0 amide bonds. The van der Waals surface area contributed by atoms with Gasteiger partial charge in [0.05, 0.1) is 0 Å². The Bertz CT molecular complexity index is 590. The van der Waals surface area contributed by atoms with Gasteiger partial charge in [0.1, 0.15) is 5.82 Å². The zero-order valence-electron chi connectivity index (χ0n) is 12.2. The monoisotopic (exact) mass is 290 g/mol. The molecule has 2 aromatic carbocycles. The predicted octanol–water partition coefficient (Wildman–Crippen LogP) is 5.95. The Morgan fingerprint density at radius 3 is 2.40 bits per heavy atom. The lowest BCUT2D eigenvalue weighted by atomic mass is 9.91. The van der Waals surface area contributed by atoms with Crippen LogP contribution in [0.5, 0.6) is 0 Å². The van der Waals surface area contributed by atoms with Gasteiger partial charge in [0, 0.05) is 5.02 Å². The van der Waals surface area contributed by atoms with Crippen molar-refractivity contribution in [1.82, 2.24) is 0 Å². The van der Waals surface area contributed by atoms with E-state index in [-0.39, 0.29) is 5.82 Å². The highest BCUT2D eigenvalue weighted by molar-refractivity contribution is 6.30. The van der Waals surface area contributed by atoms with E-state index < -0.39 is 0 Å². The van der Waals surface area contributed by atoms with Gasteiger partial charge in [-0.15, -0.1) is 0 Å². The van der Waals surface area contributed by atoms with E-state index in [2.05, 4.69) is 32.9 Å². The largest absolute Gasteiger partial charge is 0.207 e. The fourth-order valence-corrected chi connectivity index (χ4v) is 2.61. The minimum Gasteiger partial charge on any atom is -0.207 e. The van der Waals surface area contributed by atoms with Crippen LogP contribution in [-0.2, 0) is 6.42 Å². The number of benzene rings is 2. The molecule has 20 heavy (non-hydrogen) atoms. The van der Waals surface area contributed by atoms with Gasteiger partial charge < -0.3 is 0 Å². The molecule has 0 fully saturated rings. The van der Waals surface area contributed by atoms with Crippen LogP contribution in [0.1, 0.15) is 49.3 Å². The summed E-state index contributed by atoms with van der Waals surface area (Å²) in [5, 5.41) is 0.747. The van der Waals surface area contributed by atoms with Crippen LogP contribution >= 0.6 is 11.6 Å². The lowest BCUT2D eigenvalue weighted by Gasteiger charge is -2.14. The molecule has 0 heterocycles. The molecule has 2 heteroatoms. The summed E-state index contributed by atoms with van der Waals surface area (Å²) in [6, 6.07) is 13.2. The summed E-state index contributed by atoms with van der Waals surface area (Å²) in [5.41, 5.74) is 3.28. The van der Waals surface area contributed by atoms with Crippen molar-refractivity contribution in [3.63, 3.8) is 0 Å². The van der Waals surface area contributed by atoms with Crippen LogP contribution in [0, 0.1) is 5.82 Å². The Balaban J connectivity index is 2.21. The molecule has 0 saturated carbocycles.